The van der Waals surface area contributed by atoms with Gasteiger partial charge in [0.05, 0.1) is 7.11 Å². The minimum Gasteiger partial charge on any atom is -0.497 e. The molecule has 0 spiro atoms. The maximum absolute atomic E-state index is 10.6. The van der Waals surface area contributed by atoms with E-state index in [1.807, 2.05) is 24.3 Å². The smallest absolute Gasteiger partial charge is 0.154 e. The number of carbonyl (C=O) groups is 1. The molecule has 0 bridgehead atoms. The Labute approximate surface area is 83.4 Å². The van der Waals surface area contributed by atoms with Crippen LogP contribution < -0.4 is 10.1 Å². The number of allylic oxidation sites excluding steroid dienone is 1. The molecule has 1 N–H and O–H groups in total. The Morgan fingerprint density at radius 2 is 2.00 bits per heavy atom. The van der Waals surface area contributed by atoms with Crippen molar-refractivity contribution in [1.29, 1.82) is 0 Å². The van der Waals surface area contributed by atoms with Crippen LogP contribution >= 0.6 is 0 Å². The molecule has 0 radical (unpaired) electrons. The van der Waals surface area contributed by atoms with E-state index < -0.39 is 0 Å². The van der Waals surface area contributed by atoms with E-state index in [1.54, 1.807) is 13.3 Å². The van der Waals surface area contributed by atoms with Gasteiger partial charge in [0.25, 0.3) is 0 Å². The van der Waals surface area contributed by atoms with Crippen LogP contribution in [0.5, 0.6) is 5.75 Å². The van der Waals surface area contributed by atoms with Gasteiger partial charge in [0.2, 0.25) is 0 Å². The molecule has 74 valence electrons. The van der Waals surface area contributed by atoms with Gasteiger partial charge in [-0.2, -0.15) is 0 Å². The molecule has 0 aliphatic heterocycles. The van der Waals surface area contributed by atoms with Crippen LogP contribution in [0, 0.1) is 0 Å². The normalized spacial score (nSPS) is 10.1. The minimum absolute atomic E-state index is 0.0195. The summed E-state index contributed by atoms with van der Waals surface area (Å²) in [6.45, 7) is 1.51. The Morgan fingerprint density at radius 1 is 1.36 bits per heavy atom. The summed E-state index contributed by atoms with van der Waals surface area (Å²) in [5, 5.41) is 2.97. The van der Waals surface area contributed by atoms with E-state index in [0.29, 0.717) is 0 Å². The predicted molar refractivity (Wildman–Crippen MR) is 56.4 cm³/mol. The van der Waals surface area contributed by atoms with Crippen molar-refractivity contribution in [2.24, 2.45) is 0 Å². The molecule has 0 saturated carbocycles. The second kappa shape index (κ2) is 5.07. The Hall–Kier alpha value is -1.77. The molecular formula is C11H13NO2. The number of methoxy groups -OCH3 is 1. The van der Waals surface area contributed by atoms with E-state index in [4.69, 9.17) is 4.74 Å². The lowest BCUT2D eigenvalue weighted by atomic mass is 10.3. The summed E-state index contributed by atoms with van der Waals surface area (Å²) in [5.74, 6) is 0.831. The van der Waals surface area contributed by atoms with Crippen LogP contribution in [0.25, 0.3) is 0 Å². The SMILES string of the molecule is COc1ccc(NC=CC(C)=O)cc1. The first-order valence-corrected chi connectivity index (χ1v) is 4.30. The average Bonchev–Trinajstić information content (AvgIpc) is 2.18. The summed E-state index contributed by atoms with van der Waals surface area (Å²) in [6, 6.07) is 7.46. The summed E-state index contributed by atoms with van der Waals surface area (Å²) in [6.07, 6.45) is 3.09. The van der Waals surface area contributed by atoms with Crippen LogP contribution in [0.15, 0.2) is 36.5 Å². The van der Waals surface area contributed by atoms with Gasteiger partial charge in [0.15, 0.2) is 5.78 Å². The fourth-order valence-corrected chi connectivity index (χ4v) is 0.942. The van der Waals surface area contributed by atoms with Gasteiger partial charge in [0.1, 0.15) is 5.75 Å². The summed E-state index contributed by atoms with van der Waals surface area (Å²) < 4.78 is 5.01. The van der Waals surface area contributed by atoms with Crippen LogP contribution in [0.2, 0.25) is 0 Å². The van der Waals surface area contributed by atoms with Crippen molar-refractivity contribution in [3.63, 3.8) is 0 Å². The molecule has 0 atom stereocenters. The van der Waals surface area contributed by atoms with E-state index in [0.717, 1.165) is 11.4 Å². The van der Waals surface area contributed by atoms with E-state index >= 15 is 0 Å². The van der Waals surface area contributed by atoms with E-state index in [9.17, 15) is 4.79 Å². The van der Waals surface area contributed by atoms with Crippen LogP contribution in [0.3, 0.4) is 0 Å². The van der Waals surface area contributed by atoms with E-state index in [2.05, 4.69) is 5.32 Å². The molecule has 0 saturated heterocycles. The highest BCUT2D eigenvalue weighted by Crippen LogP contribution is 2.14. The fraction of sp³-hybridized carbons (Fsp3) is 0.182. The molecule has 0 aliphatic carbocycles. The first kappa shape index (κ1) is 10.3. The number of benzene rings is 1. The first-order chi connectivity index (χ1) is 6.72. The molecular weight excluding hydrogens is 178 g/mol. The molecule has 0 heterocycles. The average molecular weight is 191 g/mol. The molecule has 0 fully saturated rings. The third-order valence-electron chi connectivity index (χ3n) is 1.66. The Kier molecular flexibility index (Phi) is 3.73. The Bertz CT molecular complexity index is 328. The molecule has 1 rings (SSSR count). The van der Waals surface area contributed by atoms with Crippen molar-refractivity contribution >= 4 is 11.5 Å². The summed E-state index contributed by atoms with van der Waals surface area (Å²) >= 11 is 0. The third kappa shape index (κ3) is 3.31. The number of nitrogens with one attached hydrogen (secondary N) is 1. The lowest BCUT2D eigenvalue weighted by Crippen LogP contribution is -1.90. The van der Waals surface area contributed by atoms with Crippen molar-refractivity contribution in [2.45, 2.75) is 6.92 Å². The van der Waals surface area contributed by atoms with Crippen LogP contribution in [-0.4, -0.2) is 12.9 Å². The summed E-state index contributed by atoms with van der Waals surface area (Å²) in [7, 11) is 1.62. The number of ketones is 1. The standard InChI is InChI=1S/C11H13NO2/c1-9(13)7-8-12-10-3-5-11(14-2)6-4-10/h3-8,12H,1-2H3. The van der Waals surface area contributed by atoms with Crippen LogP contribution in [-0.2, 0) is 4.79 Å². The minimum atomic E-state index is 0.0195. The van der Waals surface area contributed by atoms with Crippen molar-refractivity contribution in [1.82, 2.24) is 0 Å². The fourth-order valence-electron chi connectivity index (χ4n) is 0.942. The van der Waals surface area contributed by atoms with Gasteiger partial charge in [-0.1, -0.05) is 0 Å². The third-order valence-corrected chi connectivity index (χ3v) is 1.66. The molecule has 0 aromatic heterocycles. The molecule has 3 heteroatoms. The van der Waals surface area contributed by atoms with Crippen molar-refractivity contribution < 1.29 is 9.53 Å². The first-order valence-electron chi connectivity index (χ1n) is 4.30. The van der Waals surface area contributed by atoms with E-state index in [-0.39, 0.29) is 5.78 Å². The maximum Gasteiger partial charge on any atom is 0.154 e. The van der Waals surface area contributed by atoms with Gasteiger partial charge in [-0.3, -0.25) is 4.79 Å². The highest BCUT2D eigenvalue weighted by molar-refractivity contribution is 5.87. The number of ether oxygens (including phenoxy) is 1. The molecule has 3 nitrogen and oxygen atoms in total. The maximum atomic E-state index is 10.6. The molecule has 14 heavy (non-hydrogen) atoms. The van der Waals surface area contributed by atoms with Crippen molar-refractivity contribution in [3.05, 3.63) is 36.5 Å². The number of hydrogen-bond donors (Lipinski definition) is 1. The number of rotatable bonds is 4. The lowest BCUT2D eigenvalue weighted by molar-refractivity contribution is -0.112. The Morgan fingerprint density at radius 3 is 2.50 bits per heavy atom. The lowest BCUT2D eigenvalue weighted by Gasteiger charge is -2.02. The molecule has 0 aliphatic rings. The number of carbonyl (C=O) groups excluding carboxylic acids is 1. The Balaban J connectivity index is 2.56. The molecule has 0 unspecified atom stereocenters. The van der Waals surface area contributed by atoms with Crippen LogP contribution in [0.4, 0.5) is 5.69 Å². The van der Waals surface area contributed by atoms with Gasteiger partial charge in [-0.25, -0.2) is 0 Å². The highest BCUT2D eigenvalue weighted by Gasteiger charge is 1.90. The zero-order valence-electron chi connectivity index (χ0n) is 8.28. The highest BCUT2D eigenvalue weighted by atomic mass is 16.5. The quantitative estimate of drug-likeness (QED) is 0.741. The van der Waals surface area contributed by atoms with E-state index in [1.165, 1.54) is 13.0 Å². The largest absolute Gasteiger partial charge is 0.497 e. The summed E-state index contributed by atoms with van der Waals surface area (Å²) in [4.78, 5) is 10.6. The van der Waals surface area contributed by atoms with Gasteiger partial charge in [-0.05, 0) is 37.3 Å². The second-order valence-electron chi connectivity index (χ2n) is 2.82. The molecule has 1 aromatic carbocycles. The van der Waals surface area contributed by atoms with Crippen molar-refractivity contribution in [2.75, 3.05) is 12.4 Å². The molecule has 0 amide bonds. The zero-order chi connectivity index (χ0) is 10.4. The number of anilines is 1. The van der Waals surface area contributed by atoms with Gasteiger partial charge < -0.3 is 10.1 Å². The predicted octanol–water partition coefficient (Wildman–Crippen LogP) is 2.21. The summed E-state index contributed by atoms with van der Waals surface area (Å²) in [5.41, 5.74) is 0.920. The number of hydrogen-bond acceptors (Lipinski definition) is 3. The van der Waals surface area contributed by atoms with Gasteiger partial charge >= 0.3 is 0 Å². The second-order valence-corrected chi connectivity index (χ2v) is 2.82. The van der Waals surface area contributed by atoms with Gasteiger partial charge in [0, 0.05) is 11.9 Å². The van der Waals surface area contributed by atoms with Gasteiger partial charge in [-0.15, -0.1) is 0 Å². The molecule has 1 aromatic rings. The zero-order valence-corrected chi connectivity index (χ0v) is 8.28. The topological polar surface area (TPSA) is 38.3 Å². The van der Waals surface area contributed by atoms with Crippen molar-refractivity contribution in [3.8, 4) is 5.75 Å². The van der Waals surface area contributed by atoms with Crippen LogP contribution in [0.1, 0.15) is 6.92 Å². The monoisotopic (exact) mass is 191 g/mol.